The third-order valence-electron chi connectivity index (χ3n) is 2.08. The van der Waals surface area contributed by atoms with E-state index in [1.807, 2.05) is 18.7 Å². The van der Waals surface area contributed by atoms with Crippen LogP contribution in [0.3, 0.4) is 0 Å². The summed E-state index contributed by atoms with van der Waals surface area (Å²) in [4.78, 5) is 9.70. The van der Waals surface area contributed by atoms with Crippen molar-refractivity contribution in [3.8, 4) is 0 Å². The van der Waals surface area contributed by atoms with Gasteiger partial charge in [0.15, 0.2) is 11.0 Å². The maximum Gasteiger partial charge on any atom is 0.202 e. The van der Waals surface area contributed by atoms with Gasteiger partial charge in [-0.3, -0.25) is 0 Å². The molecule has 0 N–H and O–H groups in total. The summed E-state index contributed by atoms with van der Waals surface area (Å²) in [6.07, 6.45) is 0.938. The van der Waals surface area contributed by atoms with Crippen molar-refractivity contribution in [1.82, 2.24) is 9.97 Å². The molecule has 1 aromatic heterocycles. The minimum absolute atomic E-state index is 0.105. The zero-order valence-corrected chi connectivity index (χ0v) is 9.97. The highest BCUT2D eigenvalue weighted by molar-refractivity contribution is 6.29. The van der Waals surface area contributed by atoms with E-state index in [4.69, 9.17) is 11.6 Å². The molecular weight excluding hydrogens is 217 g/mol. The predicted octanol–water partition coefficient (Wildman–Crippen LogP) is 2.81. The second-order valence-corrected chi connectivity index (χ2v) is 3.64. The Morgan fingerprint density at radius 2 is 2.00 bits per heavy atom. The van der Waals surface area contributed by atoms with Gasteiger partial charge in [0.05, 0.1) is 0 Å². The number of hydrogen-bond acceptors (Lipinski definition) is 3. The number of anilines is 1. The Morgan fingerprint density at radius 3 is 2.53 bits per heavy atom. The quantitative estimate of drug-likeness (QED) is 0.747. The van der Waals surface area contributed by atoms with Crippen LogP contribution >= 0.6 is 11.6 Å². The van der Waals surface area contributed by atoms with Crippen molar-refractivity contribution in [3.05, 3.63) is 16.8 Å². The molecule has 0 spiro atoms. The molecule has 0 saturated carbocycles. The van der Waals surface area contributed by atoms with Crippen LogP contribution < -0.4 is 4.90 Å². The summed E-state index contributed by atoms with van der Waals surface area (Å²) in [6, 6.07) is 0. The summed E-state index contributed by atoms with van der Waals surface area (Å²) in [6.45, 7) is 7.17. The van der Waals surface area contributed by atoms with Crippen LogP contribution in [0.2, 0.25) is 5.15 Å². The molecule has 3 nitrogen and oxygen atoms in total. The molecule has 1 rings (SSSR count). The van der Waals surface area contributed by atoms with Crippen molar-refractivity contribution < 1.29 is 4.39 Å². The first-order valence-electron chi connectivity index (χ1n) is 5.04. The minimum atomic E-state index is -0.530. The van der Waals surface area contributed by atoms with E-state index in [2.05, 4.69) is 9.97 Å². The van der Waals surface area contributed by atoms with Crippen LogP contribution in [0.15, 0.2) is 0 Å². The summed E-state index contributed by atoms with van der Waals surface area (Å²) in [5.74, 6) is 0.264. The molecule has 0 aromatic carbocycles. The Balaban J connectivity index is 3.10. The van der Waals surface area contributed by atoms with Crippen molar-refractivity contribution in [1.29, 1.82) is 0 Å². The molecule has 0 bridgehead atoms. The Kier molecular flexibility index (Phi) is 4.27. The Morgan fingerprint density at radius 1 is 1.33 bits per heavy atom. The number of halogens is 2. The van der Waals surface area contributed by atoms with E-state index in [1.54, 1.807) is 6.92 Å². The lowest BCUT2D eigenvalue weighted by Gasteiger charge is -2.21. The average molecular weight is 232 g/mol. The standard InChI is InChI=1S/C10H15ClFN3/c1-4-6-15(5-2)10-8(12)9(11)13-7(3)14-10/h4-6H2,1-3H3. The van der Waals surface area contributed by atoms with Crippen molar-refractivity contribution in [3.63, 3.8) is 0 Å². The lowest BCUT2D eigenvalue weighted by atomic mass is 10.4. The molecule has 1 aromatic rings. The summed E-state index contributed by atoms with van der Waals surface area (Å²) < 4.78 is 13.6. The van der Waals surface area contributed by atoms with Gasteiger partial charge in [-0.25, -0.2) is 9.97 Å². The minimum Gasteiger partial charge on any atom is -0.354 e. The van der Waals surface area contributed by atoms with Gasteiger partial charge in [0.1, 0.15) is 5.82 Å². The molecule has 15 heavy (non-hydrogen) atoms. The smallest absolute Gasteiger partial charge is 0.202 e. The monoisotopic (exact) mass is 231 g/mol. The molecular formula is C10H15ClFN3. The third-order valence-corrected chi connectivity index (χ3v) is 2.33. The van der Waals surface area contributed by atoms with E-state index < -0.39 is 5.82 Å². The molecule has 1 heterocycles. The highest BCUT2D eigenvalue weighted by Gasteiger charge is 2.15. The summed E-state index contributed by atoms with van der Waals surface area (Å²) in [5.41, 5.74) is 0. The first kappa shape index (κ1) is 12.2. The molecule has 0 aliphatic heterocycles. The third kappa shape index (κ3) is 2.78. The molecule has 0 saturated heterocycles. The summed E-state index contributed by atoms with van der Waals surface area (Å²) in [7, 11) is 0. The SMILES string of the molecule is CCCN(CC)c1nc(C)nc(Cl)c1F. The highest BCUT2D eigenvalue weighted by atomic mass is 35.5. The van der Waals surface area contributed by atoms with Crippen molar-refractivity contribution >= 4 is 17.4 Å². The number of hydrogen-bond donors (Lipinski definition) is 0. The summed E-state index contributed by atoms with van der Waals surface area (Å²) in [5, 5.41) is -0.105. The second-order valence-electron chi connectivity index (χ2n) is 3.28. The lowest BCUT2D eigenvalue weighted by Crippen LogP contribution is -2.26. The molecule has 0 amide bonds. The van der Waals surface area contributed by atoms with E-state index >= 15 is 0 Å². The first-order chi connectivity index (χ1) is 7.10. The fourth-order valence-electron chi connectivity index (χ4n) is 1.40. The Hall–Kier alpha value is -0.900. The zero-order chi connectivity index (χ0) is 11.4. The van der Waals surface area contributed by atoms with Crippen LogP contribution in [0.4, 0.5) is 10.2 Å². The van der Waals surface area contributed by atoms with Gasteiger partial charge in [-0.05, 0) is 20.3 Å². The van der Waals surface area contributed by atoms with E-state index in [-0.39, 0.29) is 5.15 Å². The number of rotatable bonds is 4. The molecule has 0 atom stereocenters. The number of aromatic nitrogens is 2. The predicted molar refractivity (Wildman–Crippen MR) is 59.9 cm³/mol. The molecule has 0 unspecified atom stereocenters. The average Bonchev–Trinajstić information content (AvgIpc) is 2.20. The number of aryl methyl sites for hydroxylation is 1. The molecule has 84 valence electrons. The van der Waals surface area contributed by atoms with Gasteiger partial charge in [0, 0.05) is 13.1 Å². The van der Waals surface area contributed by atoms with Crippen LogP contribution in [0.25, 0.3) is 0 Å². The molecule has 5 heteroatoms. The van der Waals surface area contributed by atoms with Crippen LogP contribution in [0.1, 0.15) is 26.1 Å². The van der Waals surface area contributed by atoms with Crippen molar-refractivity contribution in [2.45, 2.75) is 27.2 Å². The topological polar surface area (TPSA) is 29.0 Å². The van der Waals surface area contributed by atoms with E-state index in [0.29, 0.717) is 18.2 Å². The molecule has 0 aliphatic rings. The van der Waals surface area contributed by atoms with Crippen LogP contribution in [0.5, 0.6) is 0 Å². The van der Waals surface area contributed by atoms with Gasteiger partial charge >= 0.3 is 0 Å². The highest BCUT2D eigenvalue weighted by Crippen LogP contribution is 2.22. The van der Waals surface area contributed by atoms with Crippen LogP contribution in [0, 0.1) is 12.7 Å². The molecule has 0 radical (unpaired) electrons. The van der Waals surface area contributed by atoms with Gasteiger partial charge in [0.2, 0.25) is 5.82 Å². The van der Waals surface area contributed by atoms with E-state index in [9.17, 15) is 4.39 Å². The maximum atomic E-state index is 13.6. The molecule has 0 fully saturated rings. The van der Waals surface area contributed by atoms with Gasteiger partial charge in [-0.1, -0.05) is 18.5 Å². The maximum absolute atomic E-state index is 13.6. The second kappa shape index (κ2) is 5.26. The normalized spacial score (nSPS) is 10.5. The number of nitrogens with zero attached hydrogens (tertiary/aromatic N) is 3. The van der Waals surface area contributed by atoms with Crippen molar-refractivity contribution in [2.75, 3.05) is 18.0 Å². The van der Waals surface area contributed by atoms with E-state index in [0.717, 1.165) is 13.0 Å². The fourth-order valence-corrected chi connectivity index (χ4v) is 1.61. The fraction of sp³-hybridized carbons (Fsp3) is 0.600. The Bertz CT molecular complexity index is 344. The van der Waals surface area contributed by atoms with Crippen LogP contribution in [-0.2, 0) is 0 Å². The zero-order valence-electron chi connectivity index (χ0n) is 9.22. The first-order valence-corrected chi connectivity index (χ1v) is 5.42. The van der Waals surface area contributed by atoms with E-state index in [1.165, 1.54) is 0 Å². The van der Waals surface area contributed by atoms with Gasteiger partial charge < -0.3 is 4.90 Å². The largest absolute Gasteiger partial charge is 0.354 e. The van der Waals surface area contributed by atoms with Gasteiger partial charge in [0.25, 0.3) is 0 Å². The summed E-state index contributed by atoms with van der Waals surface area (Å²) >= 11 is 5.67. The van der Waals surface area contributed by atoms with Crippen molar-refractivity contribution in [2.24, 2.45) is 0 Å². The Labute approximate surface area is 94.3 Å². The lowest BCUT2D eigenvalue weighted by molar-refractivity contribution is 0.599. The van der Waals surface area contributed by atoms with Gasteiger partial charge in [-0.2, -0.15) is 4.39 Å². The van der Waals surface area contributed by atoms with Crippen LogP contribution in [-0.4, -0.2) is 23.1 Å². The van der Waals surface area contributed by atoms with Gasteiger partial charge in [-0.15, -0.1) is 0 Å². The molecule has 0 aliphatic carbocycles.